The van der Waals surface area contributed by atoms with Crippen LogP contribution in [-0.4, -0.2) is 38.4 Å². The predicted octanol–water partition coefficient (Wildman–Crippen LogP) is 2.10. The van der Waals surface area contributed by atoms with E-state index in [1.807, 2.05) is 0 Å². The van der Waals surface area contributed by atoms with Gasteiger partial charge in [0.1, 0.15) is 16.5 Å². The topological polar surface area (TPSA) is 49.4 Å². The highest BCUT2D eigenvalue weighted by atomic mass is 79.9. The number of piperidine rings is 1. The minimum Gasteiger partial charge on any atom is -0.315 e. The highest BCUT2D eigenvalue weighted by molar-refractivity contribution is 9.10. The van der Waals surface area contributed by atoms with Crippen molar-refractivity contribution in [1.29, 1.82) is 0 Å². The lowest BCUT2D eigenvalue weighted by Gasteiger charge is -2.36. The van der Waals surface area contributed by atoms with Crippen LogP contribution in [-0.2, 0) is 10.0 Å². The molecule has 2 saturated heterocycles. The number of benzene rings is 1. The first kappa shape index (κ1) is 15.3. The molecule has 0 amide bonds. The molecule has 116 valence electrons. The zero-order valence-corrected chi connectivity index (χ0v) is 13.6. The normalized spacial score (nSPS) is 26.8. The number of hydrogen-bond donors (Lipinski definition) is 1. The van der Waals surface area contributed by atoms with Crippen LogP contribution < -0.4 is 5.32 Å². The molecule has 2 unspecified atom stereocenters. The summed E-state index contributed by atoms with van der Waals surface area (Å²) in [6, 6.07) is 1.43. The maximum absolute atomic E-state index is 14.0. The van der Waals surface area contributed by atoms with Gasteiger partial charge in [-0.3, -0.25) is 0 Å². The first-order chi connectivity index (χ1) is 9.91. The summed E-state index contributed by atoms with van der Waals surface area (Å²) in [7, 11) is -3.99. The Hall–Kier alpha value is -0.570. The lowest BCUT2D eigenvalue weighted by molar-refractivity contribution is 0.217. The predicted molar refractivity (Wildman–Crippen MR) is 77.3 cm³/mol. The lowest BCUT2D eigenvalue weighted by Crippen LogP contribution is -2.48. The van der Waals surface area contributed by atoms with Gasteiger partial charge in [0, 0.05) is 29.7 Å². The van der Waals surface area contributed by atoms with E-state index in [1.54, 1.807) is 0 Å². The fourth-order valence-electron chi connectivity index (χ4n) is 3.22. The van der Waals surface area contributed by atoms with Crippen LogP contribution in [0.5, 0.6) is 0 Å². The summed E-state index contributed by atoms with van der Waals surface area (Å²) < 4.78 is 54.0. The quantitative estimate of drug-likeness (QED) is 0.854. The number of nitrogens with zero attached hydrogens (tertiary/aromatic N) is 1. The van der Waals surface area contributed by atoms with Gasteiger partial charge in [0.25, 0.3) is 0 Å². The van der Waals surface area contributed by atoms with Crippen LogP contribution in [0.3, 0.4) is 0 Å². The summed E-state index contributed by atoms with van der Waals surface area (Å²) in [4.78, 5) is -0.476. The Morgan fingerprint density at radius 1 is 1.29 bits per heavy atom. The van der Waals surface area contributed by atoms with Crippen molar-refractivity contribution in [3.8, 4) is 0 Å². The summed E-state index contributed by atoms with van der Waals surface area (Å²) in [6.07, 6.45) is 1.72. The van der Waals surface area contributed by atoms with Crippen molar-refractivity contribution in [2.45, 2.75) is 23.8 Å². The van der Waals surface area contributed by atoms with E-state index in [1.165, 1.54) is 4.31 Å². The molecule has 2 aliphatic heterocycles. The Labute approximate surface area is 130 Å². The largest absolute Gasteiger partial charge is 0.315 e. The number of rotatable bonds is 2. The molecule has 0 aliphatic carbocycles. The standard InChI is InChI=1S/C13H15BrF2N2O2S/c14-10-4-9(15)5-11(16)13(10)21(19,20)18-3-1-2-8-6-17-7-12(8)18/h4-5,8,12,17H,1-3,6-7H2. The molecular weight excluding hydrogens is 366 g/mol. The number of nitrogens with one attached hydrogen (secondary N) is 1. The van der Waals surface area contributed by atoms with E-state index in [0.717, 1.165) is 25.5 Å². The maximum Gasteiger partial charge on any atom is 0.247 e. The monoisotopic (exact) mass is 380 g/mol. The molecule has 0 saturated carbocycles. The molecule has 4 nitrogen and oxygen atoms in total. The van der Waals surface area contributed by atoms with Gasteiger partial charge in [-0.25, -0.2) is 17.2 Å². The van der Waals surface area contributed by atoms with Gasteiger partial charge in [0.2, 0.25) is 10.0 Å². The van der Waals surface area contributed by atoms with Gasteiger partial charge in [-0.1, -0.05) is 0 Å². The summed E-state index contributed by atoms with van der Waals surface area (Å²) in [6.45, 7) is 1.72. The van der Waals surface area contributed by atoms with Gasteiger partial charge >= 0.3 is 0 Å². The maximum atomic E-state index is 14.0. The molecule has 2 atom stereocenters. The van der Waals surface area contributed by atoms with E-state index < -0.39 is 26.6 Å². The van der Waals surface area contributed by atoms with Crippen molar-refractivity contribution < 1.29 is 17.2 Å². The molecule has 2 fully saturated rings. The summed E-state index contributed by atoms with van der Waals surface area (Å²) in [5.74, 6) is -1.61. The molecule has 1 aromatic rings. The second-order valence-electron chi connectivity index (χ2n) is 5.44. The molecule has 2 heterocycles. The molecular formula is C13H15BrF2N2O2S. The zero-order valence-electron chi connectivity index (χ0n) is 11.2. The minimum absolute atomic E-state index is 0.0759. The van der Waals surface area contributed by atoms with Crippen LogP contribution >= 0.6 is 15.9 Å². The van der Waals surface area contributed by atoms with E-state index >= 15 is 0 Å². The Morgan fingerprint density at radius 3 is 2.76 bits per heavy atom. The average molecular weight is 381 g/mol. The van der Waals surface area contributed by atoms with Crippen LogP contribution in [0.1, 0.15) is 12.8 Å². The molecule has 0 spiro atoms. The highest BCUT2D eigenvalue weighted by Gasteiger charge is 2.42. The fourth-order valence-corrected chi connectivity index (χ4v) is 6.06. The fraction of sp³-hybridized carbons (Fsp3) is 0.538. The second kappa shape index (κ2) is 5.57. The molecule has 1 aromatic carbocycles. The molecule has 21 heavy (non-hydrogen) atoms. The minimum atomic E-state index is -3.99. The Morgan fingerprint density at radius 2 is 2.05 bits per heavy atom. The van der Waals surface area contributed by atoms with Crippen LogP contribution in [0, 0.1) is 17.6 Å². The molecule has 3 rings (SSSR count). The SMILES string of the molecule is O=S(=O)(c1c(F)cc(F)cc1Br)N1CCCC2CNCC21. The average Bonchev–Trinajstić information content (AvgIpc) is 2.84. The van der Waals surface area contributed by atoms with Crippen molar-refractivity contribution in [3.05, 3.63) is 28.2 Å². The first-order valence-corrected chi connectivity index (χ1v) is 9.01. The summed E-state index contributed by atoms with van der Waals surface area (Å²) in [5.41, 5.74) is 0. The Balaban J connectivity index is 2.04. The van der Waals surface area contributed by atoms with E-state index in [2.05, 4.69) is 21.2 Å². The summed E-state index contributed by atoms with van der Waals surface area (Å²) >= 11 is 2.97. The van der Waals surface area contributed by atoms with E-state index in [-0.39, 0.29) is 16.4 Å². The van der Waals surface area contributed by atoms with Gasteiger partial charge in [-0.05, 0) is 47.3 Å². The molecule has 0 bridgehead atoms. The van der Waals surface area contributed by atoms with Crippen molar-refractivity contribution in [2.24, 2.45) is 5.92 Å². The number of sulfonamides is 1. The van der Waals surface area contributed by atoms with Gasteiger partial charge in [-0.15, -0.1) is 0 Å². The van der Waals surface area contributed by atoms with Crippen LogP contribution in [0.2, 0.25) is 0 Å². The third-order valence-corrected chi connectivity index (χ3v) is 7.05. The number of hydrogen-bond acceptors (Lipinski definition) is 3. The second-order valence-corrected chi connectivity index (χ2v) is 8.12. The van der Waals surface area contributed by atoms with Crippen molar-refractivity contribution in [2.75, 3.05) is 19.6 Å². The third kappa shape index (κ3) is 2.62. The van der Waals surface area contributed by atoms with E-state index in [0.29, 0.717) is 19.2 Å². The van der Waals surface area contributed by atoms with E-state index in [9.17, 15) is 17.2 Å². The molecule has 0 aromatic heterocycles. The number of halogens is 3. The van der Waals surface area contributed by atoms with Crippen molar-refractivity contribution >= 4 is 26.0 Å². The van der Waals surface area contributed by atoms with Gasteiger partial charge in [0.05, 0.1) is 0 Å². The van der Waals surface area contributed by atoms with Crippen LogP contribution in [0.15, 0.2) is 21.5 Å². The smallest absolute Gasteiger partial charge is 0.247 e. The molecule has 1 N–H and O–H groups in total. The number of fused-ring (bicyclic) bond motifs is 1. The highest BCUT2D eigenvalue weighted by Crippen LogP contribution is 2.35. The summed E-state index contributed by atoms with van der Waals surface area (Å²) in [5, 5.41) is 3.18. The molecule has 2 aliphatic rings. The van der Waals surface area contributed by atoms with Gasteiger partial charge < -0.3 is 5.32 Å². The van der Waals surface area contributed by atoms with Crippen LogP contribution in [0.4, 0.5) is 8.78 Å². The first-order valence-electron chi connectivity index (χ1n) is 6.78. The lowest BCUT2D eigenvalue weighted by atomic mass is 9.94. The third-order valence-electron chi connectivity index (χ3n) is 4.16. The Kier molecular flexibility index (Phi) is 4.06. The van der Waals surface area contributed by atoms with Gasteiger partial charge in [0.15, 0.2) is 0 Å². The van der Waals surface area contributed by atoms with Crippen molar-refractivity contribution in [1.82, 2.24) is 9.62 Å². The zero-order chi connectivity index (χ0) is 15.2. The molecule has 0 radical (unpaired) electrons. The van der Waals surface area contributed by atoms with Crippen molar-refractivity contribution in [3.63, 3.8) is 0 Å². The van der Waals surface area contributed by atoms with E-state index in [4.69, 9.17) is 0 Å². The molecule has 8 heteroatoms. The van der Waals surface area contributed by atoms with Crippen LogP contribution in [0.25, 0.3) is 0 Å². The van der Waals surface area contributed by atoms with Gasteiger partial charge in [-0.2, -0.15) is 4.31 Å². The Bertz CT molecular complexity index is 645.